The summed E-state index contributed by atoms with van der Waals surface area (Å²) in [5.74, 6) is -0.478. The Morgan fingerprint density at radius 3 is 2.81 bits per heavy atom. The zero-order chi connectivity index (χ0) is 18.7. The normalized spacial score (nSPS) is 10.3. The first-order valence-electron chi connectivity index (χ1n) is 7.44. The van der Waals surface area contributed by atoms with E-state index in [-0.39, 0.29) is 22.8 Å². The first kappa shape index (κ1) is 16.8. The number of hydrogen-bond donors (Lipinski definition) is 2. The maximum absolute atomic E-state index is 12.2. The van der Waals surface area contributed by atoms with Gasteiger partial charge in [0.25, 0.3) is 11.2 Å². The van der Waals surface area contributed by atoms with Crippen LogP contribution in [-0.2, 0) is 4.79 Å². The van der Waals surface area contributed by atoms with E-state index in [0.29, 0.717) is 16.5 Å². The van der Waals surface area contributed by atoms with Crippen molar-refractivity contribution in [1.82, 2.24) is 9.97 Å². The van der Waals surface area contributed by atoms with Gasteiger partial charge in [0.05, 0.1) is 27.6 Å². The summed E-state index contributed by atoms with van der Waals surface area (Å²) in [6.07, 6.45) is -0.413. The van der Waals surface area contributed by atoms with Crippen molar-refractivity contribution in [2.24, 2.45) is 0 Å². The molecule has 0 fully saturated rings. The quantitative estimate of drug-likeness (QED) is 0.547. The van der Waals surface area contributed by atoms with Crippen LogP contribution in [0.25, 0.3) is 22.3 Å². The molecule has 26 heavy (non-hydrogen) atoms. The van der Waals surface area contributed by atoms with E-state index in [1.165, 1.54) is 12.1 Å². The molecule has 2 aromatic carbocycles. The molecule has 3 rings (SSSR count). The van der Waals surface area contributed by atoms with Crippen LogP contribution in [0.2, 0.25) is 0 Å². The molecular weight excluding hydrogens is 338 g/mol. The van der Waals surface area contributed by atoms with Gasteiger partial charge in [-0.1, -0.05) is 12.1 Å². The second-order valence-electron chi connectivity index (χ2n) is 5.30. The fourth-order valence-corrected chi connectivity index (χ4v) is 2.44. The number of H-pyrrole nitrogens is 1. The van der Waals surface area contributed by atoms with Crippen LogP contribution in [0.15, 0.2) is 47.3 Å². The third kappa shape index (κ3) is 3.25. The zero-order valence-corrected chi connectivity index (χ0v) is 13.2. The molecule has 1 heterocycles. The van der Waals surface area contributed by atoms with E-state index in [2.05, 4.69) is 15.3 Å². The standard InChI is InChI=1S/C17H11N5O4/c18-8-7-15(23)19-14-9-10(22(25)26)5-6-11(14)16-20-13-4-2-1-3-12(13)17(24)21-16/h1-6,9H,7H2,(H,19,23)(H,20,21,24). The number of carbonyl (C=O) groups is 1. The molecule has 1 amide bonds. The van der Waals surface area contributed by atoms with Gasteiger partial charge in [0.2, 0.25) is 5.91 Å². The molecule has 1 aromatic heterocycles. The number of rotatable bonds is 4. The molecule has 128 valence electrons. The molecular formula is C17H11N5O4. The maximum atomic E-state index is 12.2. The van der Waals surface area contributed by atoms with Crippen LogP contribution >= 0.6 is 0 Å². The number of nitro groups is 1. The van der Waals surface area contributed by atoms with Crippen molar-refractivity contribution >= 4 is 28.2 Å². The number of amides is 1. The molecule has 0 spiro atoms. The van der Waals surface area contributed by atoms with Crippen LogP contribution in [0, 0.1) is 21.4 Å². The average Bonchev–Trinajstić information content (AvgIpc) is 2.61. The number of nitrogens with one attached hydrogen (secondary N) is 2. The lowest BCUT2D eigenvalue weighted by atomic mass is 10.1. The molecule has 0 aliphatic rings. The fourth-order valence-electron chi connectivity index (χ4n) is 2.44. The number of carbonyl (C=O) groups excluding carboxylic acids is 1. The Kier molecular flexibility index (Phi) is 4.40. The molecule has 2 N–H and O–H groups in total. The molecule has 0 bridgehead atoms. The van der Waals surface area contributed by atoms with E-state index >= 15 is 0 Å². The predicted octanol–water partition coefficient (Wildman–Crippen LogP) is 2.35. The highest BCUT2D eigenvalue weighted by Crippen LogP contribution is 2.29. The van der Waals surface area contributed by atoms with Crippen molar-refractivity contribution in [2.75, 3.05) is 5.32 Å². The Bertz CT molecular complexity index is 1130. The molecule has 0 unspecified atom stereocenters. The zero-order valence-electron chi connectivity index (χ0n) is 13.2. The van der Waals surface area contributed by atoms with Crippen molar-refractivity contribution in [3.8, 4) is 17.5 Å². The minimum atomic E-state index is -0.627. The summed E-state index contributed by atoms with van der Waals surface area (Å²) < 4.78 is 0. The van der Waals surface area contributed by atoms with Gasteiger partial charge in [-0.25, -0.2) is 4.98 Å². The second-order valence-corrected chi connectivity index (χ2v) is 5.30. The smallest absolute Gasteiger partial charge is 0.271 e. The number of fused-ring (bicyclic) bond motifs is 1. The number of aromatic nitrogens is 2. The highest BCUT2D eigenvalue weighted by Gasteiger charge is 2.16. The number of anilines is 1. The van der Waals surface area contributed by atoms with Crippen molar-refractivity contribution in [3.63, 3.8) is 0 Å². The van der Waals surface area contributed by atoms with Crippen molar-refractivity contribution < 1.29 is 9.72 Å². The lowest BCUT2D eigenvalue weighted by Crippen LogP contribution is -2.13. The Labute approximate surface area is 146 Å². The van der Waals surface area contributed by atoms with Crippen molar-refractivity contribution in [3.05, 3.63) is 62.9 Å². The first-order chi connectivity index (χ1) is 12.5. The van der Waals surface area contributed by atoms with Gasteiger partial charge < -0.3 is 10.3 Å². The van der Waals surface area contributed by atoms with Crippen LogP contribution in [0.4, 0.5) is 11.4 Å². The molecule has 0 atom stereocenters. The van der Waals surface area contributed by atoms with Gasteiger partial charge in [0.1, 0.15) is 12.2 Å². The summed E-state index contributed by atoms with van der Waals surface area (Å²) in [5, 5.41) is 22.5. The summed E-state index contributed by atoms with van der Waals surface area (Å²) in [6, 6.07) is 12.2. The lowest BCUT2D eigenvalue weighted by molar-refractivity contribution is -0.384. The Balaban J connectivity index is 2.17. The summed E-state index contributed by atoms with van der Waals surface area (Å²) in [4.78, 5) is 41.4. The summed E-state index contributed by atoms with van der Waals surface area (Å²) in [5.41, 5.74) is 0.198. The van der Waals surface area contributed by atoms with Gasteiger partial charge in [-0.2, -0.15) is 5.26 Å². The topological polar surface area (TPSA) is 142 Å². The third-order valence-corrected chi connectivity index (χ3v) is 3.60. The largest absolute Gasteiger partial charge is 0.324 e. The van der Waals surface area contributed by atoms with E-state index in [9.17, 15) is 19.7 Å². The lowest BCUT2D eigenvalue weighted by Gasteiger charge is -2.10. The minimum Gasteiger partial charge on any atom is -0.324 e. The van der Waals surface area contributed by atoms with Crippen molar-refractivity contribution in [1.29, 1.82) is 5.26 Å². The van der Waals surface area contributed by atoms with Crippen LogP contribution < -0.4 is 10.9 Å². The van der Waals surface area contributed by atoms with Crippen LogP contribution in [0.3, 0.4) is 0 Å². The van der Waals surface area contributed by atoms with Gasteiger partial charge >= 0.3 is 0 Å². The number of benzene rings is 2. The summed E-state index contributed by atoms with van der Waals surface area (Å²) in [6.45, 7) is 0. The highest BCUT2D eigenvalue weighted by molar-refractivity contribution is 5.96. The summed E-state index contributed by atoms with van der Waals surface area (Å²) in [7, 11) is 0. The molecule has 9 heteroatoms. The number of aromatic amines is 1. The maximum Gasteiger partial charge on any atom is 0.271 e. The Morgan fingerprint density at radius 2 is 2.08 bits per heavy atom. The second kappa shape index (κ2) is 6.82. The van der Waals surface area contributed by atoms with Crippen LogP contribution in [0.1, 0.15) is 6.42 Å². The number of nitriles is 1. The Morgan fingerprint density at radius 1 is 1.31 bits per heavy atom. The molecule has 0 saturated heterocycles. The van der Waals surface area contributed by atoms with E-state index in [1.807, 2.05) is 0 Å². The third-order valence-electron chi connectivity index (χ3n) is 3.60. The number of nitro benzene ring substituents is 1. The van der Waals surface area contributed by atoms with E-state index < -0.39 is 17.3 Å². The van der Waals surface area contributed by atoms with Crippen LogP contribution in [-0.4, -0.2) is 20.8 Å². The molecule has 3 aromatic rings. The van der Waals surface area contributed by atoms with Gasteiger partial charge in [-0.3, -0.25) is 19.7 Å². The van der Waals surface area contributed by atoms with Gasteiger partial charge in [-0.05, 0) is 18.2 Å². The number of hydrogen-bond acceptors (Lipinski definition) is 6. The Hall–Kier alpha value is -4.06. The van der Waals surface area contributed by atoms with E-state index in [1.54, 1.807) is 30.3 Å². The molecule has 0 saturated carbocycles. The highest BCUT2D eigenvalue weighted by atomic mass is 16.6. The molecule has 0 aliphatic carbocycles. The number of nitrogens with zero attached hydrogens (tertiary/aromatic N) is 3. The molecule has 0 aliphatic heterocycles. The predicted molar refractivity (Wildman–Crippen MR) is 93.3 cm³/mol. The van der Waals surface area contributed by atoms with E-state index in [4.69, 9.17) is 5.26 Å². The van der Waals surface area contributed by atoms with Gasteiger partial charge in [-0.15, -0.1) is 0 Å². The average molecular weight is 349 g/mol. The minimum absolute atomic E-state index is 0.0814. The van der Waals surface area contributed by atoms with E-state index in [0.717, 1.165) is 6.07 Å². The fraction of sp³-hybridized carbons (Fsp3) is 0.0588. The monoisotopic (exact) mass is 349 g/mol. The van der Waals surface area contributed by atoms with Crippen molar-refractivity contribution in [2.45, 2.75) is 6.42 Å². The van der Waals surface area contributed by atoms with Crippen LogP contribution in [0.5, 0.6) is 0 Å². The van der Waals surface area contributed by atoms with Gasteiger partial charge in [0, 0.05) is 17.7 Å². The molecule has 9 nitrogen and oxygen atoms in total. The van der Waals surface area contributed by atoms with Gasteiger partial charge in [0.15, 0.2) is 0 Å². The first-order valence-corrected chi connectivity index (χ1v) is 7.44. The summed E-state index contributed by atoms with van der Waals surface area (Å²) >= 11 is 0. The molecule has 0 radical (unpaired) electrons. The SMILES string of the molecule is N#CCC(=O)Nc1cc([N+](=O)[O-])ccc1-c1nc2ccccc2c(=O)[nH]1. The number of non-ortho nitro benzene ring substituents is 1. The number of para-hydroxylation sites is 1.